The molecule has 0 radical (unpaired) electrons. The van der Waals surface area contributed by atoms with Gasteiger partial charge in [-0.3, -0.25) is 9.59 Å². The smallest absolute Gasteiger partial charge is 0.335 e. The number of aliphatic carboxylic acids is 1. The fourth-order valence-corrected chi connectivity index (χ4v) is 9.47. The van der Waals surface area contributed by atoms with Crippen LogP contribution in [0.15, 0.2) is 12.2 Å². The number of carboxylic acid groups (broad SMARTS) is 1. The zero-order valence-electron chi connectivity index (χ0n) is 45.3. The van der Waals surface area contributed by atoms with Crippen molar-refractivity contribution in [2.75, 3.05) is 13.2 Å². The first-order valence-electron chi connectivity index (χ1n) is 29.7. The third-order valence-electron chi connectivity index (χ3n) is 14.1. The van der Waals surface area contributed by atoms with Gasteiger partial charge in [-0.05, 0) is 38.5 Å². The quantitative estimate of drug-likeness (QED) is 0.0260. The first kappa shape index (κ1) is 66.0. The number of hydrogen-bond acceptors (Lipinski definition) is 10. The van der Waals surface area contributed by atoms with E-state index in [1.165, 1.54) is 218 Å². The van der Waals surface area contributed by atoms with Gasteiger partial charge in [-0.25, -0.2) is 4.79 Å². The van der Waals surface area contributed by atoms with Crippen LogP contribution in [0.5, 0.6) is 0 Å². The molecule has 0 aliphatic carbocycles. The third-order valence-corrected chi connectivity index (χ3v) is 14.1. The van der Waals surface area contributed by atoms with Crippen molar-refractivity contribution < 1.29 is 53.8 Å². The lowest BCUT2D eigenvalue weighted by atomic mass is 9.99. The molecule has 0 aromatic rings. The molecule has 6 unspecified atom stereocenters. The number of allylic oxidation sites excluding steroid dienone is 2. The Morgan fingerprint density at radius 3 is 1.11 bits per heavy atom. The molecule has 1 heterocycles. The molecule has 1 aliphatic heterocycles. The van der Waals surface area contributed by atoms with E-state index in [9.17, 15) is 34.8 Å². The van der Waals surface area contributed by atoms with Crippen LogP contribution in [0.1, 0.15) is 296 Å². The monoisotopic (exact) mass is 995 g/mol. The van der Waals surface area contributed by atoms with Gasteiger partial charge in [0.1, 0.15) is 24.9 Å². The molecule has 0 amide bonds. The van der Waals surface area contributed by atoms with Crippen LogP contribution in [-0.2, 0) is 33.3 Å². The summed E-state index contributed by atoms with van der Waals surface area (Å²) >= 11 is 0. The maximum atomic E-state index is 12.9. The molecule has 0 aromatic heterocycles. The van der Waals surface area contributed by atoms with Gasteiger partial charge < -0.3 is 39.4 Å². The summed E-state index contributed by atoms with van der Waals surface area (Å²) in [5.74, 6) is -2.42. The van der Waals surface area contributed by atoms with Crippen LogP contribution in [0.4, 0.5) is 0 Å². The Morgan fingerprint density at radius 1 is 0.429 bits per heavy atom. The molecular formula is C59H110O11. The van der Waals surface area contributed by atoms with E-state index in [-0.39, 0.29) is 26.1 Å². The summed E-state index contributed by atoms with van der Waals surface area (Å²) in [4.78, 5) is 37.1. The summed E-state index contributed by atoms with van der Waals surface area (Å²) < 4.78 is 21.9. The lowest BCUT2D eigenvalue weighted by Crippen LogP contribution is -2.60. The van der Waals surface area contributed by atoms with Gasteiger partial charge in [0, 0.05) is 12.8 Å². The Balaban J connectivity index is 2.21. The van der Waals surface area contributed by atoms with Crippen molar-refractivity contribution in [1.82, 2.24) is 0 Å². The standard InChI is InChI=1S/C59H110O11/c1-3-5-7-9-11-13-15-17-19-21-23-25-26-28-30-32-34-36-38-40-42-44-46-48-53(61)69-51(50-68-59-56(64)54(62)55(63)57(70-59)58(65)66)49-67-52(60)47-45-43-41-39-37-35-33-31-29-27-24-22-20-18-16-14-12-10-8-6-4-2/h22,24,51,54-57,59,62-64H,3-21,23,25-50H2,1-2H3,(H,65,66)/b24-22-. The minimum atomic E-state index is -1.86. The first-order valence-corrected chi connectivity index (χ1v) is 29.7. The minimum absolute atomic E-state index is 0.189. The van der Waals surface area contributed by atoms with E-state index in [4.69, 9.17) is 18.9 Å². The number of esters is 2. The Hall–Kier alpha value is -2.05. The van der Waals surface area contributed by atoms with Crippen molar-refractivity contribution in [3.05, 3.63) is 12.2 Å². The van der Waals surface area contributed by atoms with Crippen LogP contribution in [0.3, 0.4) is 0 Å². The van der Waals surface area contributed by atoms with E-state index in [1.54, 1.807) is 0 Å². The normalized spacial score (nSPS) is 18.7. The molecule has 0 spiro atoms. The predicted octanol–water partition coefficient (Wildman–Crippen LogP) is 15.1. The zero-order valence-corrected chi connectivity index (χ0v) is 45.3. The number of carbonyl (C=O) groups is 3. The summed E-state index contributed by atoms with van der Waals surface area (Å²) in [6.45, 7) is 3.88. The lowest BCUT2D eigenvalue weighted by molar-refractivity contribution is -0.298. The van der Waals surface area contributed by atoms with Crippen LogP contribution in [0.25, 0.3) is 0 Å². The molecule has 11 heteroatoms. The van der Waals surface area contributed by atoms with Crippen molar-refractivity contribution in [3.63, 3.8) is 0 Å². The average molecular weight is 996 g/mol. The number of unbranched alkanes of at least 4 members (excludes halogenated alkanes) is 39. The molecule has 412 valence electrons. The van der Waals surface area contributed by atoms with Crippen molar-refractivity contribution in [3.8, 4) is 0 Å². The summed E-state index contributed by atoms with van der Waals surface area (Å²) in [6, 6.07) is 0. The van der Waals surface area contributed by atoms with Gasteiger partial charge in [-0.1, -0.05) is 257 Å². The molecule has 1 fully saturated rings. The molecule has 0 saturated carbocycles. The van der Waals surface area contributed by atoms with Gasteiger partial charge in [0.05, 0.1) is 6.61 Å². The number of rotatable bonds is 52. The van der Waals surface area contributed by atoms with Gasteiger partial charge in [0.25, 0.3) is 0 Å². The number of carbonyl (C=O) groups excluding carboxylic acids is 2. The molecule has 0 aromatic carbocycles. The molecule has 1 aliphatic rings. The van der Waals surface area contributed by atoms with E-state index >= 15 is 0 Å². The molecule has 11 nitrogen and oxygen atoms in total. The van der Waals surface area contributed by atoms with E-state index in [1.807, 2.05) is 0 Å². The number of carboxylic acids is 1. The van der Waals surface area contributed by atoms with Gasteiger partial charge in [-0.15, -0.1) is 0 Å². The zero-order chi connectivity index (χ0) is 51.0. The summed E-state index contributed by atoms with van der Waals surface area (Å²) in [6.07, 6.45) is 48.4. The Bertz CT molecular complexity index is 1210. The molecule has 1 saturated heterocycles. The van der Waals surface area contributed by atoms with Crippen molar-refractivity contribution >= 4 is 17.9 Å². The topological polar surface area (TPSA) is 169 Å². The number of hydrogen-bond donors (Lipinski definition) is 4. The minimum Gasteiger partial charge on any atom is -0.479 e. The summed E-state index contributed by atoms with van der Waals surface area (Å²) in [5, 5.41) is 40.1. The highest BCUT2D eigenvalue weighted by Gasteiger charge is 2.47. The highest BCUT2D eigenvalue weighted by Crippen LogP contribution is 2.24. The summed E-state index contributed by atoms with van der Waals surface area (Å²) in [7, 11) is 0. The van der Waals surface area contributed by atoms with Crippen LogP contribution in [-0.4, -0.2) is 88.4 Å². The SMILES string of the molecule is CCCCCCCCCC/C=C\CCCCCCCCCCCC(=O)OCC(COC1OC(C(=O)O)C(O)C(O)C1O)OC(=O)CCCCCCCCCCCCCCCCCCCCCCCCC. The van der Waals surface area contributed by atoms with E-state index < -0.39 is 54.7 Å². The predicted molar refractivity (Wildman–Crippen MR) is 285 cm³/mol. The second-order valence-electron chi connectivity index (χ2n) is 20.8. The molecular weight excluding hydrogens is 885 g/mol. The first-order chi connectivity index (χ1) is 34.2. The third kappa shape index (κ3) is 39.5. The maximum Gasteiger partial charge on any atom is 0.335 e. The van der Waals surface area contributed by atoms with E-state index in [0.29, 0.717) is 12.8 Å². The molecule has 6 atom stereocenters. The van der Waals surface area contributed by atoms with Gasteiger partial charge in [0.2, 0.25) is 0 Å². The lowest BCUT2D eigenvalue weighted by Gasteiger charge is -2.38. The van der Waals surface area contributed by atoms with Crippen LogP contribution >= 0.6 is 0 Å². The Morgan fingerprint density at radius 2 is 0.757 bits per heavy atom. The van der Waals surface area contributed by atoms with Crippen molar-refractivity contribution in [1.29, 1.82) is 0 Å². The van der Waals surface area contributed by atoms with Crippen molar-refractivity contribution in [2.45, 2.75) is 333 Å². The Labute approximate surface area is 428 Å². The van der Waals surface area contributed by atoms with Crippen LogP contribution in [0.2, 0.25) is 0 Å². The number of ether oxygens (including phenoxy) is 4. The fourth-order valence-electron chi connectivity index (χ4n) is 9.47. The second-order valence-corrected chi connectivity index (χ2v) is 20.8. The van der Waals surface area contributed by atoms with Crippen LogP contribution in [0, 0.1) is 0 Å². The molecule has 70 heavy (non-hydrogen) atoms. The molecule has 0 bridgehead atoms. The highest BCUT2D eigenvalue weighted by atomic mass is 16.7. The average Bonchev–Trinajstić information content (AvgIpc) is 3.35. The number of aliphatic hydroxyl groups is 3. The number of aliphatic hydroxyl groups excluding tert-OH is 3. The fraction of sp³-hybridized carbons (Fsp3) is 0.915. The summed E-state index contributed by atoms with van der Waals surface area (Å²) in [5.41, 5.74) is 0. The second kappa shape index (κ2) is 49.2. The largest absolute Gasteiger partial charge is 0.479 e. The maximum absolute atomic E-state index is 12.9. The van der Waals surface area contributed by atoms with Gasteiger partial charge >= 0.3 is 17.9 Å². The van der Waals surface area contributed by atoms with Crippen molar-refractivity contribution in [2.24, 2.45) is 0 Å². The van der Waals surface area contributed by atoms with E-state index in [0.717, 1.165) is 38.5 Å². The molecule has 4 N–H and O–H groups in total. The van der Waals surface area contributed by atoms with Gasteiger partial charge in [0.15, 0.2) is 18.5 Å². The van der Waals surface area contributed by atoms with Gasteiger partial charge in [-0.2, -0.15) is 0 Å². The Kier molecular flexibility index (Phi) is 46.3. The van der Waals surface area contributed by atoms with Crippen LogP contribution < -0.4 is 0 Å². The highest BCUT2D eigenvalue weighted by molar-refractivity contribution is 5.73. The molecule has 1 rings (SSSR count). The van der Waals surface area contributed by atoms with E-state index in [2.05, 4.69) is 26.0 Å².